The molecule has 0 unspecified atom stereocenters. The normalized spacial score (nSPS) is 10.4. The second-order valence-electron chi connectivity index (χ2n) is 3.32. The molecule has 0 aliphatic heterocycles. The number of rotatable bonds is 3. The van der Waals surface area contributed by atoms with Crippen molar-refractivity contribution < 1.29 is 14.7 Å². The molecule has 0 radical (unpaired) electrons. The Labute approximate surface area is 110 Å². The summed E-state index contributed by atoms with van der Waals surface area (Å²) in [6, 6.07) is 5.54. The lowest BCUT2D eigenvalue weighted by Crippen LogP contribution is -2.29. The maximum atomic E-state index is 11.5. The Morgan fingerprint density at radius 3 is 2.94 bits per heavy atom. The molecule has 0 aliphatic carbocycles. The topological polar surface area (TPSA) is 95.1 Å². The standard InChI is InChI=1S/C10H8IN3O3/c11-5-1-2-6-7(3-5)14-9(13-6)10(17)12-4-8(15)16/h1-3H,4H2,(H,12,17)(H,13,14)(H,15,16). The molecule has 0 bridgehead atoms. The molecule has 0 saturated heterocycles. The van der Waals surface area contributed by atoms with Crippen LogP contribution in [0.5, 0.6) is 0 Å². The summed E-state index contributed by atoms with van der Waals surface area (Å²) in [7, 11) is 0. The number of nitrogens with one attached hydrogen (secondary N) is 2. The maximum Gasteiger partial charge on any atom is 0.322 e. The van der Waals surface area contributed by atoms with E-state index in [1.165, 1.54) is 0 Å². The minimum atomic E-state index is -1.09. The number of fused-ring (bicyclic) bond motifs is 1. The van der Waals surface area contributed by atoms with Crippen molar-refractivity contribution in [2.45, 2.75) is 0 Å². The van der Waals surface area contributed by atoms with Crippen LogP contribution >= 0.6 is 22.6 Å². The molecule has 2 rings (SSSR count). The molecular weight excluding hydrogens is 337 g/mol. The molecule has 3 N–H and O–H groups in total. The minimum absolute atomic E-state index is 0.114. The molecule has 1 aromatic heterocycles. The van der Waals surface area contributed by atoms with Crippen LogP contribution in [0.15, 0.2) is 18.2 Å². The number of aromatic nitrogens is 2. The number of H-pyrrole nitrogens is 1. The second-order valence-corrected chi connectivity index (χ2v) is 4.57. The zero-order chi connectivity index (χ0) is 12.4. The van der Waals surface area contributed by atoms with Crippen LogP contribution in [0, 0.1) is 3.57 Å². The number of amides is 1. The lowest BCUT2D eigenvalue weighted by molar-refractivity contribution is -0.135. The summed E-state index contributed by atoms with van der Waals surface area (Å²) < 4.78 is 1.01. The van der Waals surface area contributed by atoms with E-state index in [1.807, 2.05) is 18.2 Å². The van der Waals surface area contributed by atoms with E-state index in [2.05, 4.69) is 37.9 Å². The maximum absolute atomic E-state index is 11.5. The van der Waals surface area contributed by atoms with Crippen LogP contribution < -0.4 is 5.32 Å². The van der Waals surface area contributed by atoms with Gasteiger partial charge in [0.25, 0.3) is 5.91 Å². The van der Waals surface area contributed by atoms with Crippen molar-refractivity contribution >= 4 is 45.5 Å². The quantitative estimate of drug-likeness (QED) is 0.723. The molecule has 0 spiro atoms. The van der Waals surface area contributed by atoms with E-state index in [1.54, 1.807) is 0 Å². The van der Waals surface area contributed by atoms with Crippen molar-refractivity contribution in [2.75, 3.05) is 6.54 Å². The van der Waals surface area contributed by atoms with Crippen LogP contribution in [-0.4, -0.2) is 33.5 Å². The van der Waals surface area contributed by atoms with Gasteiger partial charge in [0.05, 0.1) is 11.0 Å². The summed E-state index contributed by atoms with van der Waals surface area (Å²) in [5.41, 5.74) is 1.42. The summed E-state index contributed by atoms with van der Waals surface area (Å²) in [6.45, 7) is -0.423. The van der Waals surface area contributed by atoms with Gasteiger partial charge in [0.2, 0.25) is 0 Å². The first kappa shape index (κ1) is 11.8. The van der Waals surface area contributed by atoms with Crippen molar-refractivity contribution in [1.82, 2.24) is 15.3 Å². The molecule has 0 aliphatic rings. The van der Waals surface area contributed by atoms with E-state index >= 15 is 0 Å². The molecule has 1 heterocycles. The Kier molecular flexibility index (Phi) is 3.27. The van der Waals surface area contributed by atoms with Gasteiger partial charge < -0.3 is 15.4 Å². The smallest absolute Gasteiger partial charge is 0.322 e. The molecule has 1 aromatic carbocycles. The van der Waals surface area contributed by atoms with Crippen molar-refractivity contribution in [1.29, 1.82) is 0 Å². The van der Waals surface area contributed by atoms with Gasteiger partial charge in [-0.1, -0.05) is 0 Å². The predicted molar refractivity (Wildman–Crippen MR) is 68.8 cm³/mol. The SMILES string of the molecule is O=C(O)CNC(=O)c1nc2cc(I)ccc2[nH]1. The largest absolute Gasteiger partial charge is 0.480 e. The van der Waals surface area contributed by atoms with Gasteiger partial charge in [-0.2, -0.15) is 0 Å². The minimum Gasteiger partial charge on any atom is -0.480 e. The fourth-order valence-electron chi connectivity index (χ4n) is 1.33. The number of nitrogens with zero attached hydrogens (tertiary/aromatic N) is 1. The number of aromatic amines is 1. The molecule has 6 nitrogen and oxygen atoms in total. The summed E-state index contributed by atoms with van der Waals surface area (Å²) in [6.07, 6.45) is 0. The number of carboxylic acid groups (broad SMARTS) is 1. The van der Waals surface area contributed by atoms with E-state index in [0.29, 0.717) is 5.52 Å². The number of carbonyl (C=O) groups excluding carboxylic acids is 1. The molecule has 0 fully saturated rings. The van der Waals surface area contributed by atoms with Gasteiger partial charge in [-0.05, 0) is 40.8 Å². The van der Waals surface area contributed by atoms with E-state index in [0.717, 1.165) is 9.09 Å². The lowest BCUT2D eigenvalue weighted by Gasteiger charge is -1.97. The van der Waals surface area contributed by atoms with Crippen molar-refractivity contribution in [3.05, 3.63) is 27.6 Å². The Hall–Kier alpha value is -1.64. The number of carboxylic acids is 1. The first-order valence-electron chi connectivity index (χ1n) is 4.71. The van der Waals surface area contributed by atoms with Crippen LogP contribution in [0.2, 0.25) is 0 Å². The van der Waals surface area contributed by atoms with Crippen molar-refractivity contribution in [2.24, 2.45) is 0 Å². The highest BCUT2D eigenvalue weighted by Crippen LogP contribution is 2.14. The Morgan fingerprint density at radius 2 is 2.24 bits per heavy atom. The van der Waals surface area contributed by atoms with Gasteiger partial charge in [0, 0.05) is 3.57 Å². The van der Waals surface area contributed by atoms with Crippen LogP contribution in [0.25, 0.3) is 11.0 Å². The van der Waals surface area contributed by atoms with Gasteiger partial charge in [0.15, 0.2) is 5.82 Å². The molecule has 1 amide bonds. The van der Waals surface area contributed by atoms with E-state index < -0.39 is 18.4 Å². The number of halogens is 1. The average Bonchev–Trinajstić information content (AvgIpc) is 2.68. The summed E-state index contributed by atoms with van der Waals surface area (Å²) >= 11 is 2.15. The van der Waals surface area contributed by atoms with Gasteiger partial charge in [-0.15, -0.1) is 0 Å². The van der Waals surface area contributed by atoms with E-state index in [-0.39, 0.29) is 5.82 Å². The highest BCUT2D eigenvalue weighted by molar-refractivity contribution is 14.1. The Bertz CT molecular complexity index is 593. The third kappa shape index (κ3) is 2.73. The van der Waals surface area contributed by atoms with Crippen LogP contribution in [0.1, 0.15) is 10.6 Å². The van der Waals surface area contributed by atoms with Gasteiger partial charge in [0.1, 0.15) is 6.54 Å². The molecule has 0 saturated carbocycles. The fourth-order valence-corrected chi connectivity index (χ4v) is 1.80. The molecule has 17 heavy (non-hydrogen) atoms. The fraction of sp³-hybridized carbons (Fsp3) is 0.100. The Morgan fingerprint density at radius 1 is 1.47 bits per heavy atom. The van der Waals surface area contributed by atoms with Gasteiger partial charge >= 0.3 is 5.97 Å². The number of aliphatic carboxylic acids is 1. The molecular formula is C10H8IN3O3. The van der Waals surface area contributed by atoms with Crippen LogP contribution in [0.4, 0.5) is 0 Å². The third-order valence-corrected chi connectivity index (χ3v) is 2.73. The number of imidazole rings is 1. The highest BCUT2D eigenvalue weighted by Gasteiger charge is 2.12. The average molecular weight is 345 g/mol. The zero-order valence-corrected chi connectivity index (χ0v) is 10.7. The van der Waals surface area contributed by atoms with Crippen molar-refractivity contribution in [3.8, 4) is 0 Å². The summed E-state index contributed by atoms with van der Waals surface area (Å²) in [5, 5.41) is 10.7. The van der Waals surface area contributed by atoms with Gasteiger partial charge in [-0.25, -0.2) is 4.98 Å². The lowest BCUT2D eigenvalue weighted by atomic mass is 10.3. The molecule has 0 atom stereocenters. The highest BCUT2D eigenvalue weighted by atomic mass is 127. The number of benzene rings is 1. The summed E-state index contributed by atoms with van der Waals surface area (Å²) in [4.78, 5) is 28.8. The Balaban J connectivity index is 2.24. The van der Waals surface area contributed by atoms with E-state index in [9.17, 15) is 9.59 Å². The van der Waals surface area contributed by atoms with E-state index in [4.69, 9.17) is 5.11 Å². The summed E-state index contributed by atoms with van der Waals surface area (Å²) in [5.74, 6) is -1.51. The molecule has 2 aromatic rings. The third-order valence-electron chi connectivity index (χ3n) is 2.06. The first-order chi connectivity index (χ1) is 8.06. The van der Waals surface area contributed by atoms with Crippen molar-refractivity contribution in [3.63, 3.8) is 0 Å². The zero-order valence-electron chi connectivity index (χ0n) is 8.53. The van der Waals surface area contributed by atoms with Crippen LogP contribution in [0.3, 0.4) is 0 Å². The predicted octanol–water partition coefficient (Wildman–Crippen LogP) is 0.982. The number of hydrogen-bond donors (Lipinski definition) is 3. The molecule has 88 valence electrons. The number of hydrogen-bond acceptors (Lipinski definition) is 3. The number of carbonyl (C=O) groups is 2. The first-order valence-corrected chi connectivity index (χ1v) is 5.79. The molecule has 7 heteroatoms. The van der Waals surface area contributed by atoms with Crippen LogP contribution in [-0.2, 0) is 4.79 Å². The second kappa shape index (κ2) is 4.70. The monoisotopic (exact) mass is 345 g/mol. The van der Waals surface area contributed by atoms with Gasteiger partial charge in [-0.3, -0.25) is 9.59 Å².